The molecule has 0 aromatic heterocycles. The maximum absolute atomic E-state index is 12.6. The van der Waals surface area contributed by atoms with Crippen LogP contribution in [0, 0.1) is 10.1 Å². The van der Waals surface area contributed by atoms with Crippen molar-refractivity contribution in [2.45, 2.75) is 0 Å². The van der Waals surface area contributed by atoms with Gasteiger partial charge in [0.1, 0.15) is 5.69 Å². The number of carbonyl (C=O) groups excluding carboxylic acids is 2. The number of likely N-dealkylation sites (N-methyl/N-ethyl adjacent to an activating group) is 1. The Balaban J connectivity index is 2.08. The van der Waals surface area contributed by atoms with Crippen molar-refractivity contribution in [3.63, 3.8) is 0 Å². The fourth-order valence-electron chi connectivity index (χ4n) is 2.51. The third-order valence-corrected chi connectivity index (χ3v) is 4.63. The Labute approximate surface area is 176 Å². The number of para-hydroxylation sites is 1. The van der Waals surface area contributed by atoms with Gasteiger partial charge in [-0.3, -0.25) is 19.7 Å². The molecule has 154 valence electrons. The van der Waals surface area contributed by atoms with Crippen LogP contribution < -0.4 is 10.6 Å². The number of methoxy groups -OCH3 is 1. The number of anilines is 2. The Kier molecular flexibility index (Phi) is 8.10. The molecule has 9 nitrogen and oxygen atoms in total. The molecule has 0 radical (unpaired) electrons. The first-order chi connectivity index (χ1) is 13.8. The lowest BCUT2D eigenvalue weighted by atomic mass is 10.1. The molecular formula is C19H21BrN4O5. The number of benzene rings is 2. The summed E-state index contributed by atoms with van der Waals surface area (Å²) >= 11 is 3.33. The number of ether oxygens (including phenoxy) is 1. The van der Waals surface area contributed by atoms with Gasteiger partial charge in [-0.05, 0) is 40.2 Å². The maximum atomic E-state index is 12.6. The number of carbonyl (C=O) groups is 2. The summed E-state index contributed by atoms with van der Waals surface area (Å²) in [4.78, 5) is 36.8. The molecule has 2 N–H and O–H groups in total. The van der Waals surface area contributed by atoms with Crippen LogP contribution in [0.15, 0.2) is 46.9 Å². The molecule has 0 aliphatic carbocycles. The van der Waals surface area contributed by atoms with E-state index in [2.05, 4.69) is 26.6 Å². The van der Waals surface area contributed by atoms with Crippen molar-refractivity contribution in [2.75, 3.05) is 44.5 Å². The van der Waals surface area contributed by atoms with E-state index in [0.29, 0.717) is 18.8 Å². The van der Waals surface area contributed by atoms with Crippen molar-refractivity contribution >= 4 is 44.8 Å². The molecule has 0 aliphatic heterocycles. The van der Waals surface area contributed by atoms with Crippen molar-refractivity contribution < 1.29 is 19.2 Å². The lowest BCUT2D eigenvalue weighted by molar-refractivity contribution is -0.384. The van der Waals surface area contributed by atoms with Crippen molar-refractivity contribution in [1.82, 2.24) is 4.90 Å². The minimum atomic E-state index is -0.564. The molecule has 0 fully saturated rings. The van der Waals surface area contributed by atoms with Crippen LogP contribution in [0.2, 0.25) is 0 Å². The first kappa shape index (κ1) is 22.3. The van der Waals surface area contributed by atoms with E-state index < -0.39 is 10.8 Å². The predicted molar refractivity (Wildman–Crippen MR) is 113 cm³/mol. The van der Waals surface area contributed by atoms with Gasteiger partial charge in [0.2, 0.25) is 5.91 Å². The highest BCUT2D eigenvalue weighted by Gasteiger charge is 2.21. The van der Waals surface area contributed by atoms with Crippen LogP contribution in [0.1, 0.15) is 10.4 Å². The molecule has 0 unspecified atom stereocenters. The topological polar surface area (TPSA) is 114 Å². The van der Waals surface area contributed by atoms with E-state index in [0.717, 1.165) is 4.47 Å². The van der Waals surface area contributed by atoms with Crippen molar-refractivity contribution in [2.24, 2.45) is 0 Å². The Bertz CT molecular complexity index is 906. The van der Waals surface area contributed by atoms with Crippen LogP contribution in [0.4, 0.5) is 17.1 Å². The lowest BCUT2D eigenvalue weighted by Gasteiger charge is -2.17. The largest absolute Gasteiger partial charge is 0.383 e. The fourth-order valence-corrected chi connectivity index (χ4v) is 2.90. The molecule has 0 spiro atoms. The minimum absolute atomic E-state index is 0.116. The van der Waals surface area contributed by atoms with Crippen LogP contribution in [-0.4, -0.2) is 55.5 Å². The standard InChI is InChI=1S/C19H21BrN4O5/c1-23(12-18(25)22-15-6-4-3-5-14(15)20)19(26)13-7-8-16(21-9-10-29-2)17(11-13)24(27)28/h3-8,11,21H,9-10,12H2,1-2H3,(H,22,25). The third-order valence-electron chi connectivity index (χ3n) is 3.94. The number of nitro benzene ring substituents is 1. The predicted octanol–water partition coefficient (Wildman–Crippen LogP) is 3.13. The van der Waals surface area contributed by atoms with E-state index in [1.54, 1.807) is 18.2 Å². The summed E-state index contributed by atoms with van der Waals surface area (Å²) in [6.45, 7) is 0.564. The normalized spacial score (nSPS) is 10.3. The van der Waals surface area contributed by atoms with E-state index >= 15 is 0 Å². The van der Waals surface area contributed by atoms with Crippen LogP contribution in [0.3, 0.4) is 0 Å². The molecule has 10 heteroatoms. The van der Waals surface area contributed by atoms with E-state index in [-0.39, 0.29) is 29.4 Å². The number of nitro groups is 1. The summed E-state index contributed by atoms with van der Waals surface area (Å²) in [6, 6.07) is 11.2. The number of rotatable bonds is 9. The van der Waals surface area contributed by atoms with Crippen LogP contribution in [0.25, 0.3) is 0 Å². The summed E-state index contributed by atoms with van der Waals surface area (Å²) in [6.07, 6.45) is 0. The highest BCUT2D eigenvalue weighted by atomic mass is 79.9. The zero-order valence-corrected chi connectivity index (χ0v) is 17.6. The zero-order chi connectivity index (χ0) is 21.4. The van der Waals surface area contributed by atoms with Crippen LogP contribution in [0.5, 0.6) is 0 Å². The summed E-state index contributed by atoms with van der Waals surface area (Å²) < 4.78 is 5.63. The minimum Gasteiger partial charge on any atom is -0.383 e. The molecule has 0 saturated heterocycles. The van der Waals surface area contributed by atoms with Crippen molar-refractivity contribution in [3.8, 4) is 0 Å². The SMILES string of the molecule is COCCNc1ccc(C(=O)N(C)CC(=O)Nc2ccccc2Br)cc1[N+](=O)[O-]. The van der Waals surface area contributed by atoms with Gasteiger partial charge in [-0.25, -0.2) is 0 Å². The quantitative estimate of drug-likeness (QED) is 0.334. The van der Waals surface area contributed by atoms with E-state index in [1.165, 1.54) is 37.3 Å². The van der Waals surface area contributed by atoms with Crippen molar-refractivity contribution in [1.29, 1.82) is 0 Å². The second-order valence-corrected chi connectivity index (χ2v) is 6.95. The zero-order valence-electron chi connectivity index (χ0n) is 16.0. The average molecular weight is 465 g/mol. The van der Waals surface area contributed by atoms with Gasteiger partial charge in [0.25, 0.3) is 11.6 Å². The average Bonchev–Trinajstić information content (AvgIpc) is 2.69. The molecule has 0 heterocycles. The molecule has 0 saturated carbocycles. The monoisotopic (exact) mass is 464 g/mol. The van der Waals surface area contributed by atoms with Gasteiger partial charge in [0, 0.05) is 36.8 Å². The maximum Gasteiger partial charge on any atom is 0.293 e. The summed E-state index contributed by atoms with van der Waals surface area (Å²) in [5.74, 6) is -0.890. The Morgan fingerprint density at radius 3 is 2.59 bits per heavy atom. The second-order valence-electron chi connectivity index (χ2n) is 6.10. The van der Waals surface area contributed by atoms with Crippen LogP contribution in [-0.2, 0) is 9.53 Å². The molecule has 29 heavy (non-hydrogen) atoms. The summed E-state index contributed by atoms with van der Waals surface area (Å²) in [5.41, 5.74) is 0.765. The van der Waals surface area contributed by atoms with Gasteiger partial charge in [-0.1, -0.05) is 12.1 Å². The number of halogens is 1. The highest BCUT2D eigenvalue weighted by Crippen LogP contribution is 2.26. The smallest absolute Gasteiger partial charge is 0.293 e. The fraction of sp³-hybridized carbons (Fsp3) is 0.263. The molecule has 2 amide bonds. The number of hydrogen-bond acceptors (Lipinski definition) is 6. The Morgan fingerprint density at radius 2 is 1.93 bits per heavy atom. The number of amides is 2. The first-order valence-electron chi connectivity index (χ1n) is 8.64. The first-order valence-corrected chi connectivity index (χ1v) is 9.44. The van der Waals surface area contributed by atoms with Gasteiger partial charge < -0.3 is 20.3 Å². The number of nitrogens with zero attached hydrogens (tertiary/aromatic N) is 2. The van der Waals surface area contributed by atoms with Gasteiger partial charge >= 0.3 is 0 Å². The van der Waals surface area contributed by atoms with E-state index in [1.807, 2.05) is 6.07 Å². The molecule has 2 aromatic carbocycles. The molecule has 0 atom stereocenters. The molecular weight excluding hydrogens is 444 g/mol. The highest BCUT2D eigenvalue weighted by molar-refractivity contribution is 9.10. The van der Waals surface area contributed by atoms with Gasteiger partial charge in [-0.2, -0.15) is 0 Å². The van der Waals surface area contributed by atoms with Gasteiger partial charge in [-0.15, -0.1) is 0 Å². The molecule has 0 aliphatic rings. The number of hydrogen-bond donors (Lipinski definition) is 2. The number of nitrogens with one attached hydrogen (secondary N) is 2. The van der Waals surface area contributed by atoms with E-state index in [4.69, 9.17) is 4.74 Å². The lowest BCUT2D eigenvalue weighted by Crippen LogP contribution is -2.35. The van der Waals surface area contributed by atoms with Gasteiger partial charge in [0.15, 0.2) is 0 Å². The Hall–Kier alpha value is -2.98. The van der Waals surface area contributed by atoms with E-state index in [9.17, 15) is 19.7 Å². The van der Waals surface area contributed by atoms with Gasteiger partial charge in [0.05, 0.1) is 23.8 Å². The molecule has 0 bridgehead atoms. The summed E-state index contributed by atoms with van der Waals surface area (Å²) in [7, 11) is 2.98. The Morgan fingerprint density at radius 1 is 1.21 bits per heavy atom. The van der Waals surface area contributed by atoms with Crippen molar-refractivity contribution in [3.05, 3.63) is 62.6 Å². The molecule has 2 aromatic rings. The third kappa shape index (κ3) is 6.26. The molecule has 2 rings (SSSR count). The summed E-state index contributed by atoms with van der Waals surface area (Å²) in [5, 5.41) is 17.0. The van der Waals surface area contributed by atoms with Crippen LogP contribution >= 0.6 is 15.9 Å². The second kappa shape index (κ2) is 10.5.